The minimum Gasteiger partial charge on any atom is -0.492 e. The highest BCUT2D eigenvalue weighted by Crippen LogP contribution is 2.16. The third-order valence-electron chi connectivity index (χ3n) is 2.58. The molecule has 0 bridgehead atoms. The number of hydrogen-bond acceptors (Lipinski definition) is 3. The van der Waals surface area contributed by atoms with E-state index in [1.807, 2.05) is 18.2 Å². The highest BCUT2D eigenvalue weighted by atomic mass is 16.5. The van der Waals surface area contributed by atoms with Crippen molar-refractivity contribution < 1.29 is 9.53 Å². The minimum atomic E-state index is -0.0976. The molecule has 1 aromatic carbocycles. The van der Waals surface area contributed by atoms with Gasteiger partial charge >= 0.3 is 0 Å². The minimum absolute atomic E-state index is 0.0976. The lowest BCUT2D eigenvalue weighted by atomic mass is 10.3. The summed E-state index contributed by atoms with van der Waals surface area (Å²) >= 11 is 0. The third kappa shape index (κ3) is 7.20. The smallest absolute Gasteiger partial charge is 0.221 e. The van der Waals surface area contributed by atoms with Gasteiger partial charge in [-0.05, 0) is 18.6 Å². The van der Waals surface area contributed by atoms with Crippen molar-refractivity contribution in [2.24, 2.45) is 4.99 Å². The van der Waals surface area contributed by atoms with E-state index in [1.165, 1.54) is 6.92 Å². The molecule has 0 radical (unpaired) electrons. The molecule has 0 saturated carbocycles. The number of hydrogen-bond donors (Lipinski definition) is 3. The van der Waals surface area contributed by atoms with E-state index in [4.69, 9.17) is 4.74 Å². The second-order valence-electron chi connectivity index (χ2n) is 4.48. The Balaban J connectivity index is 2.33. The van der Waals surface area contributed by atoms with Gasteiger partial charge in [0.2, 0.25) is 5.91 Å². The summed E-state index contributed by atoms with van der Waals surface area (Å²) in [5.41, 5.74) is 0.730. The maximum absolute atomic E-state index is 11.0. The summed E-state index contributed by atoms with van der Waals surface area (Å²) in [6.45, 7) is 5.63. The van der Waals surface area contributed by atoms with E-state index in [0.717, 1.165) is 30.4 Å². The molecule has 0 heterocycles. The molecule has 21 heavy (non-hydrogen) atoms. The van der Waals surface area contributed by atoms with E-state index in [2.05, 4.69) is 27.9 Å². The lowest BCUT2D eigenvalue weighted by Gasteiger charge is -2.12. The lowest BCUT2D eigenvalue weighted by molar-refractivity contribution is -0.114. The number of amides is 1. The number of rotatable bonds is 7. The van der Waals surface area contributed by atoms with E-state index in [1.54, 1.807) is 13.1 Å². The predicted octanol–water partition coefficient (Wildman–Crippen LogP) is 1.60. The van der Waals surface area contributed by atoms with Crippen molar-refractivity contribution in [3.63, 3.8) is 0 Å². The average Bonchev–Trinajstić information content (AvgIpc) is 2.46. The Kier molecular flexibility index (Phi) is 7.71. The molecule has 0 aromatic heterocycles. The van der Waals surface area contributed by atoms with Crippen molar-refractivity contribution >= 4 is 17.6 Å². The molecular formula is C15H24N4O2. The fraction of sp³-hybridized carbons (Fsp3) is 0.467. The molecule has 0 spiro atoms. The first-order valence-electron chi connectivity index (χ1n) is 7.10. The number of benzene rings is 1. The monoisotopic (exact) mass is 292 g/mol. The van der Waals surface area contributed by atoms with Gasteiger partial charge in [0.25, 0.3) is 0 Å². The molecule has 116 valence electrons. The summed E-state index contributed by atoms with van der Waals surface area (Å²) in [6, 6.07) is 7.32. The quantitative estimate of drug-likeness (QED) is 0.405. The van der Waals surface area contributed by atoms with E-state index in [9.17, 15) is 4.79 Å². The fourth-order valence-corrected chi connectivity index (χ4v) is 1.67. The van der Waals surface area contributed by atoms with E-state index in [0.29, 0.717) is 13.2 Å². The standard InChI is InChI=1S/C15H24N4O2/c1-4-8-17-15(16-3)18-9-10-21-14-7-5-6-13(11-14)19-12(2)20/h5-7,11H,4,8-10H2,1-3H3,(H,19,20)(H2,16,17,18). The Morgan fingerprint density at radius 2 is 2.05 bits per heavy atom. The molecular weight excluding hydrogens is 268 g/mol. The van der Waals surface area contributed by atoms with Gasteiger partial charge in [0.05, 0.1) is 6.54 Å². The van der Waals surface area contributed by atoms with E-state index < -0.39 is 0 Å². The van der Waals surface area contributed by atoms with Gasteiger partial charge in [-0.2, -0.15) is 0 Å². The van der Waals surface area contributed by atoms with Crippen LogP contribution < -0.4 is 20.7 Å². The molecule has 0 aliphatic heterocycles. The van der Waals surface area contributed by atoms with Crippen molar-refractivity contribution in [1.29, 1.82) is 0 Å². The number of aliphatic imine (C=N–C) groups is 1. The lowest BCUT2D eigenvalue weighted by Crippen LogP contribution is -2.39. The summed E-state index contributed by atoms with van der Waals surface area (Å²) in [4.78, 5) is 15.1. The number of nitrogens with one attached hydrogen (secondary N) is 3. The van der Waals surface area contributed by atoms with Crippen LogP contribution >= 0.6 is 0 Å². The topological polar surface area (TPSA) is 74.8 Å². The Hall–Kier alpha value is -2.24. The number of guanidine groups is 1. The first-order chi connectivity index (χ1) is 10.2. The van der Waals surface area contributed by atoms with Gasteiger partial charge < -0.3 is 20.7 Å². The molecule has 6 heteroatoms. The van der Waals surface area contributed by atoms with Crippen molar-refractivity contribution in [3.05, 3.63) is 24.3 Å². The second-order valence-corrected chi connectivity index (χ2v) is 4.48. The first-order valence-corrected chi connectivity index (χ1v) is 7.10. The van der Waals surface area contributed by atoms with Gasteiger partial charge in [0, 0.05) is 32.3 Å². The van der Waals surface area contributed by atoms with Gasteiger partial charge in [0.1, 0.15) is 12.4 Å². The molecule has 0 unspecified atom stereocenters. The molecule has 1 rings (SSSR count). The largest absolute Gasteiger partial charge is 0.492 e. The number of carbonyl (C=O) groups excluding carboxylic acids is 1. The average molecular weight is 292 g/mol. The highest BCUT2D eigenvalue weighted by molar-refractivity contribution is 5.88. The van der Waals surface area contributed by atoms with Crippen LogP contribution in [0.3, 0.4) is 0 Å². The van der Waals surface area contributed by atoms with Crippen LogP contribution in [0.1, 0.15) is 20.3 Å². The van der Waals surface area contributed by atoms with Crippen LogP contribution in [0, 0.1) is 0 Å². The van der Waals surface area contributed by atoms with Crippen molar-refractivity contribution in [3.8, 4) is 5.75 Å². The maximum atomic E-state index is 11.0. The summed E-state index contributed by atoms with van der Waals surface area (Å²) < 4.78 is 5.63. The molecule has 3 N–H and O–H groups in total. The zero-order chi connectivity index (χ0) is 15.5. The molecule has 0 fully saturated rings. The van der Waals surface area contributed by atoms with Crippen LogP contribution in [0.25, 0.3) is 0 Å². The number of ether oxygens (including phenoxy) is 1. The fourth-order valence-electron chi connectivity index (χ4n) is 1.67. The Morgan fingerprint density at radius 1 is 1.29 bits per heavy atom. The van der Waals surface area contributed by atoms with Crippen molar-refractivity contribution in [2.45, 2.75) is 20.3 Å². The summed E-state index contributed by atoms with van der Waals surface area (Å²) in [7, 11) is 1.74. The number of carbonyl (C=O) groups is 1. The molecule has 0 aliphatic rings. The zero-order valence-corrected chi connectivity index (χ0v) is 12.9. The summed E-state index contributed by atoms with van der Waals surface area (Å²) in [6.07, 6.45) is 1.05. The van der Waals surface area contributed by atoms with Crippen LogP contribution in [0.4, 0.5) is 5.69 Å². The van der Waals surface area contributed by atoms with E-state index in [-0.39, 0.29) is 5.91 Å². The number of nitrogens with zero attached hydrogens (tertiary/aromatic N) is 1. The van der Waals surface area contributed by atoms with Gasteiger partial charge in [-0.1, -0.05) is 13.0 Å². The number of anilines is 1. The molecule has 0 aliphatic carbocycles. The summed E-state index contributed by atoms with van der Waals surface area (Å²) in [5, 5.41) is 9.07. The van der Waals surface area contributed by atoms with Gasteiger partial charge in [-0.3, -0.25) is 9.79 Å². The molecule has 1 aromatic rings. The Morgan fingerprint density at radius 3 is 2.71 bits per heavy atom. The molecule has 6 nitrogen and oxygen atoms in total. The normalized spacial score (nSPS) is 10.9. The predicted molar refractivity (Wildman–Crippen MR) is 85.9 cm³/mol. The van der Waals surface area contributed by atoms with Crippen molar-refractivity contribution in [1.82, 2.24) is 10.6 Å². The van der Waals surface area contributed by atoms with Crippen LogP contribution in [0.5, 0.6) is 5.75 Å². The van der Waals surface area contributed by atoms with Gasteiger partial charge in [-0.25, -0.2) is 0 Å². The summed E-state index contributed by atoms with van der Waals surface area (Å²) in [5.74, 6) is 1.40. The third-order valence-corrected chi connectivity index (χ3v) is 2.58. The van der Waals surface area contributed by atoms with Crippen LogP contribution in [-0.2, 0) is 4.79 Å². The SMILES string of the molecule is CCCNC(=NC)NCCOc1cccc(NC(C)=O)c1. The van der Waals surface area contributed by atoms with E-state index >= 15 is 0 Å². The molecule has 0 saturated heterocycles. The zero-order valence-electron chi connectivity index (χ0n) is 12.9. The molecule has 0 atom stereocenters. The van der Waals surface area contributed by atoms with Gasteiger partial charge in [-0.15, -0.1) is 0 Å². The molecule has 1 amide bonds. The van der Waals surface area contributed by atoms with Crippen LogP contribution in [0.15, 0.2) is 29.3 Å². The Bertz CT molecular complexity index is 474. The Labute approximate surface area is 126 Å². The maximum Gasteiger partial charge on any atom is 0.221 e. The second kappa shape index (κ2) is 9.63. The first kappa shape index (κ1) is 16.8. The van der Waals surface area contributed by atoms with Crippen LogP contribution in [0.2, 0.25) is 0 Å². The highest BCUT2D eigenvalue weighted by Gasteiger charge is 1.99. The van der Waals surface area contributed by atoms with Crippen LogP contribution in [-0.4, -0.2) is 38.6 Å². The van der Waals surface area contributed by atoms with Gasteiger partial charge in [0.15, 0.2) is 5.96 Å². The van der Waals surface area contributed by atoms with Crippen molar-refractivity contribution in [2.75, 3.05) is 32.1 Å².